The molecule has 0 N–H and O–H groups in total. The predicted octanol–water partition coefficient (Wildman–Crippen LogP) is 5.62. The van der Waals surface area contributed by atoms with Crippen LogP contribution >= 0.6 is 58.0 Å². The van der Waals surface area contributed by atoms with Crippen molar-refractivity contribution in [3.63, 3.8) is 0 Å². The third kappa shape index (κ3) is 3.61. The summed E-state index contributed by atoms with van der Waals surface area (Å²) in [6.07, 6.45) is 0. The van der Waals surface area contributed by atoms with Crippen LogP contribution in [0.2, 0.25) is 25.2 Å². The third-order valence-corrected chi connectivity index (χ3v) is 4.95. The molecule has 0 spiro atoms. The summed E-state index contributed by atoms with van der Waals surface area (Å²) in [7, 11) is 1.60. The molecule has 2 aromatic rings. The van der Waals surface area contributed by atoms with Crippen LogP contribution < -0.4 is 0 Å². The minimum Gasteiger partial charge on any atom is -0.336 e. The molecular formula is C14H9Cl5N2O. The number of hydrogen-bond donors (Lipinski definition) is 0. The summed E-state index contributed by atoms with van der Waals surface area (Å²) in [6.45, 7) is 0.286. The van der Waals surface area contributed by atoms with Gasteiger partial charge < -0.3 is 4.90 Å². The van der Waals surface area contributed by atoms with E-state index in [1.165, 1.54) is 4.90 Å². The first kappa shape index (κ1) is 17.6. The van der Waals surface area contributed by atoms with Crippen LogP contribution in [0.3, 0.4) is 0 Å². The van der Waals surface area contributed by atoms with Crippen molar-refractivity contribution in [2.75, 3.05) is 7.05 Å². The van der Waals surface area contributed by atoms with Gasteiger partial charge in [0.25, 0.3) is 5.91 Å². The Kier molecular flexibility index (Phi) is 5.81. The number of carbonyl (C=O) groups is 1. The van der Waals surface area contributed by atoms with Gasteiger partial charge in [-0.1, -0.05) is 76.2 Å². The maximum Gasteiger partial charge on any atom is 0.274 e. The van der Waals surface area contributed by atoms with Crippen LogP contribution in [0.4, 0.5) is 0 Å². The standard InChI is InChI=1S/C14H9Cl5N2O/c1-21(6-7-4-2-3-5-8(7)15)14(22)12-10(17)9(16)11(18)13(19)20-12/h2-5H,6H2,1H3. The molecule has 0 aliphatic heterocycles. The van der Waals surface area contributed by atoms with Crippen molar-refractivity contribution >= 4 is 63.9 Å². The molecular weight excluding hydrogens is 389 g/mol. The molecule has 0 aliphatic rings. The van der Waals surface area contributed by atoms with Crippen LogP contribution in [0, 0.1) is 0 Å². The molecule has 0 aliphatic carbocycles. The van der Waals surface area contributed by atoms with Gasteiger partial charge in [0, 0.05) is 18.6 Å². The quantitative estimate of drug-likeness (QED) is 0.629. The van der Waals surface area contributed by atoms with Gasteiger partial charge in [-0.3, -0.25) is 4.79 Å². The number of aromatic nitrogens is 1. The molecule has 1 amide bonds. The average Bonchev–Trinajstić information content (AvgIpc) is 2.50. The average molecular weight is 399 g/mol. The maximum atomic E-state index is 12.5. The summed E-state index contributed by atoms with van der Waals surface area (Å²) in [5.41, 5.74) is 0.734. The minimum atomic E-state index is -0.439. The number of benzene rings is 1. The molecule has 0 bridgehead atoms. The predicted molar refractivity (Wildman–Crippen MR) is 91.5 cm³/mol. The van der Waals surface area contributed by atoms with E-state index in [1.807, 2.05) is 18.2 Å². The molecule has 0 saturated heterocycles. The highest BCUT2D eigenvalue weighted by Gasteiger charge is 2.23. The first-order chi connectivity index (χ1) is 10.3. The van der Waals surface area contributed by atoms with E-state index in [0.29, 0.717) is 5.02 Å². The summed E-state index contributed by atoms with van der Waals surface area (Å²) >= 11 is 29.7. The SMILES string of the molecule is CN(Cc1ccccc1Cl)C(=O)c1nc(Cl)c(Cl)c(Cl)c1Cl. The first-order valence-corrected chi connectivity index (χ1v) is 7.90. The molecule has 8 heteroatoms. The van der Waals surface area contributed by atoms with Gasteiger partial charge in [0.2, 0.25) is 0 Å². The molecule has 0 radical (unpaired) electrons. The lowest BCUT2D eigenvalue weighted by Crippen LogP contribution is -2.27. The molecule has 116 valence electrons. The second-order valence-corrected chi connectivity index (χ2v) is 6.34. The van der Waals surface area contributed by atoms with Crippen molar-refractivity contribution in [3.8, 4) is 0 Å². The van der Waals surface area contributed by atoms with Gasteiger partial charge >= 0.3 is 0 Å². The second kappa shape index (κ2) is 7.24. The van der Waals surface area contributed by atoms with E-state index in [1.54, 1.807) is 13.1 Å². The molecule has 1 aromatic carbocycles. The fraction of sp³-hybridized carbons (Fsp3) is 0.143. The monoisotopic (exact) mass is 396 g/mol. The highest BCUT2D eigenvalue weighted by molar-refractivity contribution is 6.52. The second-order valence-electron chi connectivity index (χ2n) is 4.45. The Morgan fingerprint density at radius 2 is 1.68 bits per heavy atom. The van der Waals surface area contributed by atoms with Crippen LogP contribution in [0.5, 0.6) is 0 Å². The number of rotatable bonds is 3. The van der Waals surface area contributed by atoms with Crippen molar-refractivity contribution in [2.45, 2.75) is 6.54 Å². The molecule has 22 heavy (non-hydrogen) atoms. The van der Waals surface area contributed by atoms with Gasteiger partial charge in [-0.25, -0.2) is 4.98 Å². The highest BCUT2D eigenvalue weighted by Crippen LogP contribution is 2.36. The third-order valence-electron chi connectivity index (χ3n) is 2.90. The first-order valence-electron chi connectivity index (χ1n) is 6.01. The molecule has 0 atom stereocenters. The Balaban J connectivity index is 2.31. The Morgan fingerprint density at radius 1 is 1.05 bits per heavy atom. The fourth-order valence-electron chi connectivity index (χ4n) is 1.76. The van der Waals surface area contributed by atoms with Crippen molar-refractivity contribution in [2.24, 2.45) is 0 Å². The van der Waals surface area contributed by atoms with Crippen molar-refractivity contribution < 1.29 is 4.79 Å². The molecule has 3 nitrogen and oxygen atoms in total. The minimum absolute atomic E-state index is 0.00201. The molecule has 0 fully saturated rings. The lowest BCUT2D eigenvalue weighted by molar-refractivity contribution is 0.0779. The summed E-state index contributed by atoms with van der Waals surface area (Å²) in [5, 5.41) is 0.461. The molecule has 0 unspecified atom stereocenters. The maximum absolute atomic E-state index is 12.5. The normalized spacial score (nSPS) is 10.6. The number of carbonyl (C=O) groups excluding carboxylic acids is 1. The van der Waals surface area contributed by atoms with E-state index in [9.17, 15) is 4.79 Å². The lowest BCUT2D eigenvalue weighted by atomic mass is 10.2. The number of halogens is 5. The smallest absolute Gasteiger partial charge is 0.274 e. The summed E-state index contributed by atoms with van der Waals surface area (Å²) in [4.78, 5) is 17.8. The Hall–Kier alpha value is -0.710. The van der Waals surface area contributed by atoms with E-state index in [4.69, 9.17) is 58.0 Å². The van der Waals surface area contributed by atoms with Crippen LogP contribution in [-0.2, 0) is 6.54 Å². The molecule has 0 saturated carbocycles. The summed E-state index contributed by atoms with van der Waals surface area (Å²) < 4.78 is 0. The van der Waals surface area contributed by atoms with Crippen molar-refractivity contribution in [1.29, 1.82) is 0 Å². The Morgan fingerprint density at radius 3 is 2.32 bits per heavy atom. The van der Waals surface area contributed by atoms with Crippen LogP contribution in [0.1, 0.15) is 16.1 Å². The number of hydrogen-bond acceptors (Lipinski definition) is 2. The summed E-state index contributed by atoms with van der Waals surface area (Å²) in [6, 6.07) is 7.21. The molecule has 1 heterocycles. The van der Waals surface area contributed by atoms with E-state index < -0.39 is 5.91 Å². The van der Waals surface area contributed by atoms with Crippen LogP contribution in [0.25, 0.3) is 0 Å². The largest absolute Gasteiger partial charge is 0.336 e. The highest BCUT2D eigenvalue weighted by atomic mass is 35.5. The van der Waals surface area contributed by atoms with E-state index in [0.717, 1.165) is 5.56 Å². The zero-order valence-corrected chi connectivity index (χ0v) is 15.0. The number of pyridine rings is 1. The van der Waals surface area contributed by atoms with Crippen LogP contribution in [-0.4, -0.2) is 22.8 Å². The van der Waals surface area contributed by atoms with Crippen molar-refractivity contribution in [3.05, 3.63) is 60.8 Å². The lowest BCUT2D eigenvalue weighted by Gasteiger charge is -2.18. The van der Waals surface area contributed by atoms with Gasteiger partial charge in [-0.05, 0) is 11.6 Å². The van der Waals surface area contributed by atoms with Gasteiger partial charge in [-0.2, -0.15) is 0 Å². The number of nitrogens with zero attached hydrogens (tertiary/aromatic N) is 2. The van der Waals surface area contributed by atoms with Gasteiger partial charge in [0.15, 0.2) is 0 Å². The van der Waals surface area contributed by atoms with E-state index >= 15 is 0 Å². The Bertz CT molecular complexity index is 735. The topological polar surface area (TPSA) is 33.2 Å². The van der Waals surface area contributed by atoms with Gasteiger partial charge in [-0.15, -0.1) is 0 Å². The molecule has 1 aromatic heterocycles. The fourth-order valence-corrected chi connectivity index (χ4v) is 2.77. The zero-order valence-electron chi connectivity index (χ0n) is 11.2. The van der Waals surface area contributed by atoms with E-state index in [2.05, 4.69) is 4.98 Å². The number of amides is 1. The van der Waals surface area contributed by atoms with Gasteiger partial charge in [0.1, 0.15) is 10.8 Å². The summed E-state index contributed by atoms with van der Waals surface area (Å²) in [5.74, 6) is -0.439. The Labute approximate surface area is 152 Å². The molecule has 2 rings (SSSR count). The van der Waals surface area contributed by atoms with E-state index in [-0.39, 0.29) is 32.5 Å². The van der Waals surface area contributed by atoms with Crippen molar-refractivity contribution in [1.82, 2.24) is 9.88 Å². The zero-order chi connectivity index (χ0) is 16.4. The van der Waals surface area contributed by atoms with Crippen LogP contribution in [0.15, 0.2) is 24.3 Å². The van der Waals surface area contributed by atoms with Gasteiger partial charge in [0.05, 0.1) is 15.1 Å².